The second-order valence-corrected chi connectivity index (χ2v) is 4.09. The standard InChI is InChI=1S/C13H19NO4/c1-9-11(4-3-5-12(9)16)13(17)14-10(6-7-15)8-18-2/h3-5,10,15-16H,6-8H2,1-2H3,(H,14,17). The molecule has 5 nitrogen and oxygen atoms in total. The van der Waals surface area contributed by atoms with Crippen molar-refractivity contribution < 1.29 is 19.7 Å². The summed E-state index contributed by atoms with van der Waals surface area (Å²) >= 11 is 0. The van der Waals surface area contributed by atoms with Crippen molar-refractivity contribution in [1.82, 2.24) is 5.32 Å². The molecule has 1 rings (SSSR count). The number of phenols is 1. The van der Waals surface area contributed by atoms with E-state index >= 15 is 0 Å². The zero-order chi connectivity index (χ0) is 13.5. The molecule has 18 heavy (non-hydrogen) atoms. The zero-order valence-electron chi connectivity index (χ0n) is 10.6. The van der Waals surface area contributed by atoms with Crippen LogP contribution in [0.15, 0.2) is 18.2 Å². The fraction of sp³-hybridized carbons (Fsp3) is 0.462. The van der Waals surface area contributed by atoms with Gasteiger partial charge in [0, 0.05) is 24.8 Å². The number of carbonyl (C=O) groups excluding carboxylic acids is 1. The number of nitrogens with one attached hydrogen (secondary N) is 1. The first-order valence-corrected chi connectivity index (χ1v) is 5.79. The maximum absolute atomic E-state index is 12.0. The van der Waals surface area contributed by atoms with Crippen molar-refractivity contribution >= 4 is 5.91 Å². The molecular weight excluding hydrogens is 234 g/mol. The Balaban J connectivity index is 2.77. The second kappa shape index (κ2) is 6.98. The predicted octanol–water partition coefficient (Wildman–Crippen LogP) is 0.828. The van der Waals surface area contributed by atoms with Crippen LogP contribution in [0.25, 0.3) is 0 Å². The van der Waals surface area contributed by atoms with E-state index in [1.807, 2.05) is 0 Å². The molecule has 0 bridgehead atoms. The van der Waals surface area contributed by atoms with Crippen LogP contribution in [0.4, 0.5) is 0 Å². The van der Waals surface area contributed by atoms with Gasteiger partial charge >= 0.3 is 0 Å². The van der Waals surface area contributed by atoms with E-state index in [4.69, 9.17) is 9.84 Å². The fourth-order valence-electron chi connectivity index (χ4n) is 1.69. The number of amides is 1. The molecule has 1 aromatic rings. The number of rotatable bonds is 6. The Morgan fingerprint density at radius 3 is 2.83 bits per heavy atom. The van der Waals surface area contributed by atoms with E-state index in [0.717, 1.165) is 0 Å². The van der Waals surface area contributed by atoms with E-state index in [-0.39, 0.29) is 24.3 Å². The Morgan fingerprint density at radius 2 is 2.22 bits per heavy atom. The van der Waals surface area contributed by atoms with Crippen molar-refractivity contribution in [3.8, 4) is 5.75 Å². The molecule has 100 valence electrons. The molecule has 0 radical (unpaired) electrons. The lowest BCUT2D eigenvalue weighted by Gasteiger charge is -2.17. The van der Waals surface area contributed by atoms with Gasteiger partial charge < -0.3 is 20.3 Å². The van der Waals surface area contributed by atoms with Gasteiger partial charge in [-0.25, -0.2) is 0 Å². The molecule has 0 saturated carbocycles. The van der Waals surface area contributed by atoms with Crippen molar-refractivity contribution in [2.75, 3.05) is 20.3 Å². The summed E-state index contributed by atoms with van der Waals surface area (Å²) in [6.07, 6.45) is 0.428. The first-order chi connectivity index (χ1) is 8.60. The third kappa shape index (κ3) is 3.72. The predicted molar refractivity (Wildman–Crippen MR) is 67.7 cm³/mol. The van der Waals surface area contributed by atoms with Gasteiger partial charge in [0.15, 0.2) is 0 Å². The summed E-state index contributed by atoms with van der Waals surface area (Å²) in [5.41, 5.74) is 0.962. The Labute approximate surface area is 106 Å². The number of aliphatic hydroxyl groups is 1. The van der Waals surface area contributed by atoms with Crippen molar-refractivity contribution in [2.24, 2.45) is 0 Å². The summed E-state index contributed by atoms with van der Waals surface area (Å²) in [6.45, 7) is 2.00. The minimum Gasteiger partial charge on any atom is -0.508 e. The Bertz CT molecular complexity index is 400. The molecule has 0 fully saturated rings. The van der Waals surface area contributed by atoms with Crippen LogP contribution >= 0.6 is 0 Å². The number of methoxy groups -OCH3 is 1. The van der Waals surface area contributed by atoms with Gasteiger partial charge in [0.05, 0.1) is 12.6 Å². The lowest BCUT2D eigenvalue weighted by Crippen LogP contribution is -2.39. The van der Waals surface area contributed by atoms with Gasteiger partial charge in [0.1, 0.15) is 5.75 Å². The van der Waals surface area contributed by atoms with Gasteiger partial charge in [0.25, 0.3) is 5.91 Å². The number of hydrogen-bond acceptors (Lipinski definition) is 4. The highest BCUT2D eigenvalue weighted by molar-refractivity contribution is 5.96. The van der Waals surface area contributed by atoms with Crippen LogP contribution in [-0.2, 0) is 4.74 Å². The highest BCUT2D eigenvalue weighted by Crippen LogP contribution is 2.19. The summed E-state index contributed by atoms with van der Waals surface area (Å²) in [4.78, 5) is 12.0. The minimum atomic E-state index is -0.279. The maximum atomic E-state index is 12.0. The highest BCUT2D eigenvalue weighted by atomic mass is 16.5. The molecule has 1 amide bonds. The largest absolute Gasteiger partial charge is 0.508 e. The number of carbonyl (C=O) groups is 1. The lowest BCUT2D eigenvalue weighted by molar-refractivity contribution is 0.0877. The average molecular weight is 253 g/mol. The Morgan fingerprint density at radius 1 is 1.50 bits per heavy atom. The van der Waals surface area contributed by atoms with Gasteiger partial charge in [-0.05, 0) is 25.5 Å². The number of hydrogen-bond donors (Lipinski definition) is 3. The summed E-state index contributed by atoms with van der Waals surface area (Å²) in [7, 11) is 1.54. The summed E-state index contributed by atoms with van der Waals surface area (Å²) in [5, 5.41) is 21.2. The van der Waals surface area contributed by atoms with Crippen molar-refractivity contribution in [2.45, 2.75) is 19.4 Å². The number of phenolic OH excluding ortho intramolecular Hbond substituents is 1. The van der Waals surface area contributed by atoms with Gasteiger partial charge in [-0.3, -0.25) is 4.79 Å². The normalized spacial score (nSPS) is 12.2. The molecule has 0 heterocycles. The van der Waals surface area contributed by atoms with E-state index in [2.05, 4.69) is 5.32 Å². The molecule has 0 saturated heterocycles. The van der Waals surface area contributed by atoms with E-state index in [9.17, 15) is 9.90 Å². The van der Waals surface area contributed by atoms with Crippen LogP contribution in [0.3, 0.4) is 0 Å². The van der Waals surface area contributed by atoms with Gasteiger partial charge in [-0.2, -0.15) is 0 Å². The van der Waals surface area contributed by atoms with Gasteiger partial charge in [-0.15, -0.1) is 0 Å². The third-order valence-corrected chi connectivity index (χ3v) is 2.73. The lowest BCUT2D eigenvalue weighted by atomic mass is 10.1. The summed E-state index contributed by atoms with van der Waals surface area (Å²) in [5.74, 6) is -0.188. The molecule has 1 unspecified atom stereocenters. The van der Waals surface area contributed by atoms with Crippen LogP contribution in [0.5, 0.6) is 5.75 Å². The molecule has 1 atom stereocenters. The van der Waals surface area contributed by atoms with Crippen LogP contribution in [-0.4, -0.2) is 42.5 Å². The number of aliphatic hydroxyl groups excluding tert-OH is 1. The van der Waals surface area contributed by atoms with E-state index in [1.54, 1.807) is 19.1 Å². The summed E-state index contributed by atoms with van der Waals surface area (Å²) in [6, 6.07) is 4.56. The van der Waals surface area contributed by atoms with Crippen LogP contribution in [0, 0.1) is 6.92 Å². The van der Waals surface area contributed by atoms with Crippen LogP contribution in [0.2, 0.25) is 0 Å². The zero-order valence-corrected chi connectivity index (χ0v) is 10.6. The van der Waals surface area contributed by atoms with Gasteiger partial charge in [0.2, 0.25) is 0 Å². The highest BCUT2D eigenvalue weighted by Gasteiger charge is 2.16. The topological polar surface area (TPSA) is 78.8 Å². The van der Waals surface area contributed by atoms with Crippen LogP contribution in [0.1, 0.15) is 22.3 Å². The molecule has 0 aliphatic rings. The van der Waals surface area contributed by atoms with Crippen molar-refractivity contribution in [1.29, 1.82) is 0 Å². The number of benzene rings is 1. The number of aromatic hydroxyl groups is 1. The first kappa shape index (κ1) is 14.5. The molecule has 5 heteroatoms. The quantitative estimate of drug-likeness (QED) is 0.701. The number of ether oxygens (including phenoxy) is 1. The Hall–Kier alpha value is -1.59. The monoisotopic (exact) mass is 253 g/mol. The second-order valence-electron chi connectivity index (χ2n) is 4.09. The average Bonchev–Trinajstić information content (AvgIpc) is 2.33. The van der Waals surface area contributed by atoms with Crippen molar-refractivity contribution in [3.05, 3.63) is 29.3 Å². The molecule has 3 N–H and O–H groups in total. The molecule has 0 aliphatic heterocycles. The molecule has 0 aromatic heterocycles. The molecule has 0 spiro atoms. The van der Waals surface area contributed by atoms with E-state index < -0.39 is 0 Å². The van der Waals surface area contributed by atoms with E-state index in [1.165, 1.54) is 13.2 Å². The fourth-order valence-corrected chi connectivity index (χ4v) is 1.69. The van der Waals surface area contributed by atoms with Gasteiger partial charge in [-0.1, -0.05) is 6.07 Å². The SMILES string of the molecule is COCC(CCO)NC(=O)c1cccc(O)c1C. The molecule has 0 aliphatic carbocycles. The minimum absolute atomic E-state index is 0.0205. The Kier molecular flexibility index (Phi) is 5.61. The third-order valence-electron chi connectivity index (χ3n) is 2.73. The first-order valence-electron chi connectivity index (χ1n) is 5.79. The molecular formula is C13H19NO4. The van der Waals surface area contributed by atoms with E-state index in [0.29, 0.717) is 24.2 Å². The molecule has 1 aromatic carbocycles. The summed E-state index contributed by atoms with van der Waals surface area (Å²) < 4.78 is 4.97. The smallest absolute Gasteiger partial charge is 0.251 e. The maximum Gasteiger partial charge on any atom is 0.251 e. The van der Waals surface area contributed by atoms with Crippen molar-refractivity contribution in [3.63, 3.8) is 0 Å². The van der Waals surface area contributed by atoms with Crippen LogP contribution < -0.4 is 5.32 Å².